The molecule has 2 N–H and O–H groups in total. The number of rotatable bonds is 10. The molecule has 7 rings (SSSR count). The van der Waals surface area contributed by atoms with Crippen molar-refractivity contribution >= 4 is 47.0 Å². The lowest BCUT2D eigenvalue weighted by Gasteiger charge is -2.27. The zero-order chi connectivity index (χ0) is 47.6. The average Bonchev–Trinajstić information content (AvgIpc) is 3.23. The minimum absolute atomic E-state index is 0.185. The summed E-state index contributed by atoms with van der Waals surface area (Å²) in [6.07, 6.45) is 0. The van der Waals surface area contributed by atoms with Gasteiger partial charge in [-0.3, -0.25) is 0 Å². The third-order valence-corrected chi connectivity index (χ3v) is 15.4. The Morgan fingerprint density at radius 1 is 0.333 bits per heavy atom. The van der Waals surface area contributed by atoms with Gasteiger partial charge in [0, 0.05) is 0 Å². The molecule has 66 heavy (non-hydrogen) atoms. The molecule has 0 unspecified atom stereocenters. The summed E-state index contributed by atoms with van der Waals surface area (Å²) in [4.78, 5) is 6.27. The summed E-state index contributed by atoms with van der Waals surface area (Å²) in [5.41, 5.74) is 3.43. The quantitative estimate of drug-likeness (QED) is 0.129. The number of hydrogen-bond acceptors (Lipinski definition) is 10. The molecule has 10 heteroatoms. The second-order valence-corrected chi connectivity index (χ2v) is 25.0. The molecule has 0 spiro atoms. The van der Waals surface area contributed by atoms with Crippen LogP contribution in [0.4, 0.5) is 0 Å². The van der Waals surface area contributed by atoms with Crippen molar-refractivity contribution in [2.75, 3.05) is 26.4 Å². The fourth-order valence-corrected chi connectivity index (χ4v) is 11.6. The molecule has 0 radical (unpaired) electrons. The summed E-state index contributed by atoms with van der Waals surface area (Å²) in [7, 11) is 0. The van der Waals surface area contributed by atoms with Gasteiger partial charge in [-0.25, -0.2) is 0 Å². The van der Waals surface area contributed by atoms with Crippen LogP contribution >= 0.6 is 47.0 Å². The predicted octanol–water partition coefficient (Wildman–Crippen LogP) is 16.1. The molecular weight excluding hydrogens is 897 g/mol. The Labute approximate surface area is 410 Å². The van der Waals surface area contributed by atoms with E-state index in [9.17, 15) is 10.2 Å². The van der Waals surface area contributed by atoms with E-state index in [0.29, 0.717) is 44.3 Å². The molecule has 6 aromatic rings. The molecule has 1 aliphatic rings. The van der Waals surface area contributed by atoms with Crippen LogP contribution in [0.3, 0.4) is 0 Å². The van der Waals surface area contributed by atoms with Crippen molar-refractivity contribution in [1.82, 2.24) is 0 Å². The first kappa shape index (κ1) is 49.4. The van der Waals surface area contributed by atoms with Gasteiger partial charge in [0.05, 0.1) is 39.2 Å². The van der Waals surface area contributed by atoms with Crippen molar-refractivity contribution in [2.45, 2.75) is 144 Å². The Balaban J connectivity index is 1.46. The van der Waals surface area contributed by atoms with E-state index >= 15 is 0 Å². The third kappa shape index (κ3) is 12.2. The van der Waals surface area contributed by atoms with E-state index in [1.807, 2.05) is 60.7 Å². The summed E-state index contributed by atoms with van der Waals surface area (Å²) < 4.78 is 25.9. The van der Waals surface area contributed by atoms with Crippen molar-refractivity contribution in [2.24, 2.45) is 0 Å². The van der Waals surface area contributed by atoms with E-state index in [1.54, 1.807) is 0 Å². The van der Waals surface area contributed by atoms with Gasteiger partial charge in [-0.05, 0) is 117 Å². The van der Waals surface area contributed by atoms with Crippen molar-refractivity contribution < 1.29 is 29.2 Å². The summed E-state index contributed by atoms with van der Waals surface area (Å²) in [5.74, 6) is 3.24. The first-order valence-corrected chi connectivity index (χ1v) is 25.8. The molecule has 0 amide bonds. The lowest BCUT2D eigenvalue weighted by molar-refractivity contribution is 0.210. The number of hydrogen-bond donors (Lipinski definition) is 2. The maximum atomic E-state index is 12.6. The minimum Gasteiger partial charge on any atom is -0.506 e. The lowest BCUT2D eigenvalue weighted by atomic mass is 9.87. The maximum Gasteiger partial charge on any atom is 0.147 e. The largest absolute Gasteiger partial charge is 0.506 e. The normalized spacial score (nSPS) is 13.3. The molecule has 0 aliphatic carbocycles. The van der Waals surface area contributed by atoms with Crippen molar-refractivity contribution in [3.8, 4) is 34.5 Å². The van der Waals surface area contributed by atoms with Crippen LogP contribution in [0.5, 0.6) is 34.5 Å². The van der Waals surface area contributed by atoms with Crippen LogP contribution in [-0.4, -0.2) is 36.6 Å². The highest BCUT2D eigenvalue weighted by Crippen LogP contribution is 2.56. The first-order valence-electron chi connectivity index (χ1n) is 22.5. The Kier molecular flexibility index (Phi) is 15.0. The second-order valence-electron chi connectivity index (χ2n) is 20.7. The fraction of sp³-hybridized carbons (Fsp3) is 0.357. The second kappa shape index (κ2) is 20.0. The highest BCUT2D eigenvalue weighted by atomic mass is 32.2. The van der Waals surface area contributed by atoms with E-state index in [0.717, 1.165) is 53.3 Å². The zero-order valence-electron chi connectivity index (χ0n) is 40.4. The molecule has 1 aliphatic heterocycles. The van der Waals surface area contributed by atoms with E-state index in [4.69, 9.17) is 18.9 Å². The summed E-state index contributed by atoms with van der Waals surface area (Å²) in [6.45, 7) is 27.6. The first-order chi connectivity index (χ1) is 31.0. The van der Waals surface area contributed by atoms with Gasteiger partial charge < -0.3 is 29.2 Å². The standard InChI is InChI=1S/C56H64O6S4/c1-53(2,3)35-27-41-49(57)42(28-35)64-46-32-38(56(10,11)12)34-48(52(46)62-26-24-60-40-21-17-14-18-22-40)66-44-30-36(54(4,5)6)29-43(50(44)58)65-47-33-37(55(7,8)9)31-45(63-41)51(47)61-25-23-59-39-19-15-13-16-20-39/h13-22,27-34,57-58H,23-26H2,1-12H3. The van der Waals surface area contributed by atoms with Crippen LogP contribution in [0.2, 0.25) is 0 Å². The van der Waals surface area contributed by atoms with Crippen molar-refractivity contribution in [3.63, 3.8) is 0 Å². The van der Waals surface area contributed by atoms with Crippen molar-refractivity contribution in [3.05, 3.63) is 131 Å². The monoisotopic (exact) mass is 960 g/mol. The number of ether oxygens (including phenoxy) is 4. The fourth-order valence-electron chi connectivity index (χ4n) is 7.06. The van der Waals surface area contributed by atoms with Gasteiger partial charge in [0.2, 0.25) is 0 Å². The molecular formula is C56H64O6S4. The van der Waals surface area contributed by atoms with Gasteiger partial charge in [-0.15, -0.1) is 0 Å². The van der Waals surface area contributed by atoms with Gasteiger partial charge in [-0.1, -0.05) is 167 Å². The lowest BCUT2D eigenvalue weighted by Crippen LogP contribution is -2.14. The van der Waals surface area contributed by atoms with Crippen LogP contribution in [0.1, 0.15) is 105 Å². The van der Waals surface area contributed by atoms with E-state index in [-0.39, 0.29) is 46.4 Å². The SMILES string of the molecule is CC(C)(C)c1cc2c(O)c(c1)Sc1cc(C(C)(C)C)cc(c1OCCOc1ccccc1)Sc1cc(C(C)(C)C)cc(c1O)Sc1cc(C(C)(C)C)cc(c1OCCOc1ccccc1)S2. The smallest absolute Gasteiger partial charge is 0.147 e. The predicted molar refractivity (Wildman–Crippen MR) is 275 cm³/mol. The number of aromatic hydroxyl groups is 2. The average molecular weight is 961 g/mol. The Bertz CT molecular complexity index is 2370. The van der Waals surface area contributed by atoms with Gasteiger partial charge in [0.25, 0.3) is 0 Å². The highest BCUT2D eigenvalue weighted by molar-refractivity contribution is 8.01. The van der Waals surface area contributed by atoms with Crippen molar-refractivity contribution in [1.29, 1.82) is 0 Å². The van der Waals surface area contributed by atoms with E-state index < -0.39 is 0 Å². The van der Waals surface area contributed by atoms with E-state index in [2.05, 4.69) is 132 Å². The van der Waals surface area contributed by atoms with Crippen LogP contribution in [0, 0.1) is 0 Å². The van der Waals surface area contributed by atoms with Gasteiger partial charge in [-0.2, -0.15) is 0 Å². The number of benzene rings is 6. The van der Waals surface area contributed by atoms with Crippen LogP contribution in [0.25, 0.3) is 0 Å². The molecule has 6 aromatic carbocycles. The van der Waals surface area contributed by atoms with Crippen LogP contribution in [-0.2, 0) is 21.7 Å². The molecule has 8 bridgehead atoms. The van der Waals surface area contributed by atoms with Crippen LogP contribution < -0.4 is 18.9 Å². The molecule has 0 fully saturated rings. The molecule has 0 saturated carbocycles. The maximum absolute atomic E-state index is 12.6. The third-order valence-electron chi connectivity index (χ3n) is 11.1. The number of phenols is 2. The minimum atomic E-state index is -0.241. The number of fused-ring (bicyclic) bond motifs is 8. The molecule has 1 heterocycles. The molecule has 0 aromatic heterocycles. The Hall–Kier alpha value is -4.48. The molecule has 6 nitrogen and oxygen atoms in total. The van der Waals surface area contributed by atoms with E-state index in [1.165, 1.54) is 47.0 Å². The number of para-hydroxylation sites is 2. The summed E-state index contributed by atoms with van der Waals surface area (Å²) in [5, 5.41) is 25.1. The summed E-state index contributed by atoms with van der Waals surface area (Å²) >= 11 is 6.00. The Morgan fingerprint density at radius 3 is 0.803 bits per heavy atom. The zero-order valence-corrected chi connectivity index (χ0v) is 43.6. The van der Waals surface area contributed by atoms with Crippen LogP contribution in [0.15, 0.2) is 148 Å². The Morgan fingerprint density at radius 2 is 0.561 bits per heavy atom. The molecule has 0 atom stereocenters. The molecule has 348 valence electrons. The molecule has 0 saturated heterocycles. The van der Waals surface area contributed by atoms with Gasteiger partial charge >= 0.3 is 0 Å². The van der Waals surface area contributed by atoms with Gasteiger partial charge in [0.1, 0.15) is 60.9 Å². The topological polar surface area (TPSA) is 77.4 Å². The summed E-state index contributed by atoms with van der Waals surface area (Å²) in [6, 6.07) is 36.7. The van der Waals surface area contributed by atoms with Gasteiger partial charge in [0.15, 0.2) is 0 Å². The highest BCUT2D eigenvalue weighted by Gasteiger charge is 2.30. The number of phenolic OH excluding ortho intramolecular Hbond substituents is 2.